The van der Waals surface area contributed by atoms with E-state index in [-0.39, 0.29) is 6.04 Å². The highest BCUT2D eigenvalue weighted by atomic mass is 35.5. The molecule has 84 valence electrons. The maximum absolute atomic E-state index is 5.96. The molecule has 0 saturated heterocycles. The van der Waals surface area contributed by atoms with Gasteiger partial charge in [-0.15, -0.1) is 0 Å². The molecule has 1 aromatic carbocycles. The van der Waals surface area contributed by atoms with Crippen LogP contribution >= 0.6 is 11.6 Å². The fourth-order valence-electron chi connectivity index (χ4n) is 1.29. The minimum absolute atomic E-state index is 0.181. The van der Waals surface area contributed by atoms with Crippen molar-refractivity contribution >= 4 is 17.3 Å². The Bertz CT molecular complexity index is 323. The maximum Gasteiger partial charge on any atom is 0.0410 e. The van der Waals surface area contributed by atoms with E-state index in [0.29, 0.717) is 5.92 Å². The first-order valence-electron chi connectivity index (χ1n) is 5.26. The van der Waals surface area contributed by atoms with Crippen LogP contribution in [0.5, 0.6) is 0 Å². The highest BCUT2D eigenvalue weighted by Crippen LogP contribution is 2.19. The molecule has 0 fully saturated rings. The van der Waals surface area contributed by atoms with Crippen molar-refractivity contribution in [2.45, 2.75) is 26.8 Å². The lowest BCUT2D eigenvalue weighted by atomic mass is 10.1. The summed E-state index contributed by atoms with van der Waals surface area (Å²) in [5.74, 6) is 0.491. The second kappa shape index (κ2) is 5.38. The molecular weight excluding hydrogens is 208 g/mol. The Morgan fingerprint density at radius 3 is 2.60 bits per heavy atom. The van der Waals surface area contributed by atoms with E-state index in [1.54, 1.807) is 0 Å². The second-order valence-corrected chi connectivity index (χ2v) is 4.68. The third-order valence-corrected chi connectivity index (χ3v) is 2.81. The third kappa shape index (κ3) is 3.73. The van der Waals surface area contributed by atoms with Crippen LogP contribution in [0, 0.1) is 12.8 Å². The number of hydrogen-bond donors (Lipinski definition) is 2. The van der Waals surface area contributed by atoms with Crippen LogP contribution in [0.15, 0.2) is 18.2 Å². The van der Waals surface area contributed by atoms with E-state index >= 15 is 0 Å². The number of nitrogens with two attached hydrogens (primary N) is 1. The van der Waals surface area contributed by atoms with Gasteiger partial charge in [0.2, 0.25) is 0 Å². The van der Waals surface area contributed by atoms with Crippen molar-refractivity contribution in [2.75, 3.05) is 11.9 Å². The van der Waals surface area contributed by atoms with Gasteiger partial charge >= 0.3 is 0 Å². The van der Waals surface area contributed by atoms with Crippen LogP contribution in [0.25, 0.3) is 0 Å². The Morgan fingerprint density at radius 1 is 1.40 bits per heavy atom. The SMILES string of the molecule is Cc1cc(Cl)ccc1NCC(N)C(C)C. The standard InChI is InChI=1S/C12H19ClN2/c1-8(2)11(14)7-15-12-5-4-10(13)6-9(12)3/h4-6,8,11,15H,7,14H2,1-3H3. The molecule has 0 saturated carbocycles. The van der Waals surface area contributed by atoms with Gasteiger partial charge in [-0.1, -0.05) is 25.4 Å². The first-order valence-corrected chi connectivity index (χ1v) is 5.64. The van der Waals surface area contributed by atoms with Gasteiger partial charge in [-0.25, -0.2) is 0 Å². The molecule has 2 nitrogen and oxygen atoms in total. The molecule has 0 bridgehead atoms. The molecule has 0 aliphatic carbocycles. The maximum atomic E-state index is 5.96. The minimum Gasteiger partial charge on any atom is -0.383 e. The summed E-state index contributed by atoms with van der Waals surface area (Å²) in [7, 11) is 0. The lowest BCUT2D eigenvalue weighted by Crippen LogP contribution is -2.34. The van der Waals surface area contributed by atoms with E-state index in [4.69, 9.17) is 17.3 Å². The van der Waals surface area contributed by atoms with E-state index in [1.807, 2.05) is 25.1 Å². The van der Waals surface area contributed by atoms with Crippen LogP contribution in [-0.4, -0.2) is 12.6 Å². The average Bonchev–Trinajstić information content (AvgIpc) is 2.15. The molecule has 0 radical (unpaired) electrons. The van der Waals surface area contributed by atoms with E-state index in [1.165, 1.54) is 0 Å². The van der Waals surface area contributed by atoms with Gasteiger partial charge in [0.25, 0.3) is 0 Å². The molecule has 0 aromatic heterocycles. The third-order valence-electron chi connectivity index (χ3n) is 2.57. The molecule has 15 heavy (non-hydrogen) atoms. The predicted octanol–water partition coefficient (Wildman–Crippen LogP) is 3.04. The summed E-state index contributed by atoms with van der Waals surface area (Å²) in [4.78, 5) is 0. The van der Waals surface area contributed by atoms with Crippen LogP contribution in [-0.2, 0) is 0 Å². The van der Waals surface area contributed by atoms with Crippen molar-refractivity contribution < 1.29 is 0 Å². The number of aryl methyl sites for hydroxylation is 1. The number of benzene rings is 1. The fraction of sp³-hybridized carbons (Fsp3) is 0.500. The largest absolute Gasteiger partial charge is 0.383 e. The minimum atomic E-state index is 0.181. The summed E-state index contributed by atoms with van der Waals surface area (Å²) < 4.78 is 0. The molecule has 3 heteroatoms. The van der Waals surface area contributed by atoms with E-state index in [2.05, 4.69) is 19.2 Å². The molecular formula is C12H19ClN2. The van der Waals surface area contributed by atoms with Crippen molar-refractivity contribution in [2.24, 2.45) is 11.7 Å². The number of nitrogens with one attached hydrogen (secondary N) is 1. The van der Waals surface area contributed by atoms with Gasteiger partial charge < -0.3 is 11.1 Å². The lowest BCUT2D eigenvalue weighted by Gasteiger charge is -2.18. The first kappa shape index (κ1) is 12.3. The van der Waals surface area contributed by atoms with Crippen molar-refractivity contribution in [1.82, 2.24) is 0 Å². The topological polar surface area (TPSA) is 38.0 Å². The average molecular weight is 227 g/mol. The molecule has 0 heterocycles. The zero-order valence-corrected chi connectivity index (χ0v) is 10.3. The van der Waals surface area contributed by atoms with Gasteiger partial charge in [0, 0.05) is 23.3 Å². The van der Waals surface area contributed by atoms with Crippen molar-refractivity contribution in [1.29, 1.82) is 0 Å². The molecule has 1 aromatic rings. The van der Waals surface area contributed by atoms with E-state index in [0.717, 1.165) is 22.8 Å². The number of halogens is 1. The Balaban J connectivity index is 2.58. The van der Waals surface area contributed by atoms with Crippen molar-refractivity contribution in [3.8, 4) is 0 Å². The molecule has 0 spiro atoms. The normalized spacial score (nSPS) is 12.9. The van der Waals surface area contributed by atoms with Crippen molar-refractivity contribution in [3.05, 3.63) is 28.8 Å². The Morgan fingerprint density at radius 2 is 2.07 bits per heavy atom. The van der Waals surface area contributed by atoms with Gasteiger partial charge in [-0.2, -0.15) is 0 Å². The Hall–Kier alpha value is -0.730. The first-order chi connectivity index (χ1) is 7.00. The van der Waals surface area contributed by atoms with Crippen LogP contribution in [0.2, 0.25) is 5.02 Å². The van der Waals surface area contributed by atoms with E-state index in [9.17, 15) is 0 Å². The highest BCUT2D eigenvalue weighted by Gasteiger charge is 2.07. The molecule has 1 rings (SSSR count). The summed E-state index contributed by atoms with van der Waals surface area (Å²) in [6.07, 6.45) is 0. The van der Waals surface area contributed by atoms with Gasteiger partial charge in [0.1, 0.15) is 0 Å². The molecule has 0 aliphatic heterocycles. The lowest BCUT2D eigenvalue weighted by molar-refractivity contribution is 0.511. The molecule has 0 aliphatic rings. The smallest absolute Gasteiger partial charge is 0.0410 e. The zero-order valence-electron chi connectivity index (χ0n) is 9.55. The van der Waals surface area contributed by atoms with Gasteiger partial charge in [-0.05, 0) is 36.6 Å². The van der Waals surface area contributed by atoms with Crippen molar-refractivity contribution in [3.63, 3.8) is 0 Å². The molecule has 3 N–H and O–H groups in total. The Kier molecular flexibility index (Phi) is 4.43. The van der Waals surface area contributed by atoms with Gasteiger partial charge in [0.05, 0.1) is 0 Å². The summed E-state index contributed by atoms with van der Waals surface area (Å²) in [6.45, 7) is 7.08. The molecule has 0 amide bonds. The fourth-order valence-corrected chi connectivity index (χ4v) is 1.52. The second-order valence-electron chi connectivity index (χ2n) is 4.25. The van der Waals surface area contributed by atoms with Crippen LogP contribution in [0.3, 0.4) is 0 Å². The predicted molar refractivity (Wildman–Crippen MR) is 67.5 cm³/mol. The van der Waals surface area contributed by atoms with E-state index < -0.39 is 0 Å². The number of hydrogen-bond acceptors (Lipinski definition) is 2. The summed E-state index contributed by atoms with van der Waals surface area (Å²) in [5.41, 5.74) is 8.21. The summed E-state index contributed by atoms with van der Waals surface area (Å²) >= 11 is 5.88. The summed E-state index contributed by atoms with van der Waals surface area (Å²) in [6, 6.07) is 6.01. The quantitative estimate of drug-likeness (QED) is 0.828. The van der Waals surface area contributed by atoms with Crippen LogP contribution < -0.4 is 11.1 Å². The van der Waals surface area contributed by atoms with Crippen LogP contribution in [0.1, 0.15) is 19.4 Å². The highest BCUT2D eigenvalue weighted by molar-refractivity contribution is 6.30. The monoisotopic (exact) mass is 226 g/mol. The summed E-state index contributed by atoms with van der Waals surface area (Å²) in [5, 5.41) is 4.11. The molecule has 1 atom stereocenters. The Labute approximate surface area is 96.8 Å². The number of rotatable bonds is 4. The van der Waals surface area contributed by atoms with Gasteiger partial charge in [-0.3, -0.25) is 0 Å². The van der Waals surface area contributed by atoms with Crippen LogP contribution in [0.4, 0.5) is 5.69 Å². The number of anilines is 1. The zero-order chi connectivity index (χ0) is 11.4. The molecule has 1 unspecified atom stereocenters. The van der Waals surface area contributed by atoms with Gasteiger partial charge in [0.15, 0.2) is 0 Å².